The van der Waals surface area contributed by atoms with Gasteiger partial charge >= 0.3 is 0 Å². The highest BCUT2D eigenvalue weighted by Crippen LogP contribution is 2.20. The second kappa shape index (κ2) is 10.7. The minimum Gasteiger partial charge on any atom is -0.372 e. The van der Waals surface area contributed by atoms with Crippen molar-refractivity contribution in [3.8, 4) is 0 Å². The van der Waals surface area contributed by atoms with Crippen LogP contribution in [0.1, 0.15) is 32.3 Å². The van der Waals surface area contributed by atoms with Gasteiger partial charge in [0.25, 0.3) is 0 Å². The van der Waals surface area contributed by atoms with Crippen LogP contribution < -0.4 is 4.90 Å². The van der Waals surface area contributed by atoms with Crippen LogP contribution in [0.25, 0.3) is 0 Å². The van der Waals surface area contributed by atoms with Gasteiger partial charge in [-0.1, -0.05) is 23.9 Å². The van der Waals surface area contributed by atoms with Crippen molar-refractivity contribution in [1.29, 1.82) is 0 Å². The first-order chi connectivity index (χ1) is 12.1. The number of amidine groups is 1. The van der Waals surface area contributed by atoms with Crippen LogP contribution in [0.15, 0.2) is 29.3 Å². The first kappa shape index (κ1) is 20.1. The molecule has 1 aromatic carbocycles. The van der Waals surface area contributed by atoms with Gasteiger partial charge in [-0.05, 0) is 65.0 Å². The van der Waals surface area contributed by atoms with Gasteiger partial charge in [-0.15, -0.1) is 0 Å². The van der Waals surface area contributed by atoms with E-state index in [1.807, 2.05) is 11.8 Å². The molecular weight excluding hydrogens is 328 g/mol. The van der Waals surface area contributed by atoms with Gasteiger partial charge in [-0.25, -0.2) is 0 Å². The molecule has 0 aliphatic carbocycles. The predicted molar refractivity (Wildman–Crippen MR) is 113 cm³/mol. The Hall–Kier alpha value is -1.20. The summed E-state index contributed by atoms with van der Waals surface area (Å²) >= 11 is 1.92. The zero-order valence-corrected chi connectivity index (χ0v) is 17.2. The topological polar surface area (TPSA) is 22.1 Å². The molecule has 5 heteroatoms. The summed E-state index contributed by atoms with van der Waals surface area (Å²) in [5, 5.41) is 1.23. The third-order valence-electron chi connectivity index (χ3n) is 4.52. The van der Waals surface area contributed by atoms with E-state index in [1.165, 1.54) is 35.0 Å². The summed E-state index contributed by atoms with van der Waals surface area (Å²) in [6, 6.07) is 9.08. The minimum atomic E-state index is 0.956. The van der Waals surface area contributed by atoms with Gasteiger partial charge in [-0.2, -0.15) is 0 Å². The van der Waals surface area contributed by atoms with Crippen LogP contribution in [0.3, 0.4) is 0 Å². The Labute approximate surface area is 158 Å². The Balaban J connectivity index is 2.03. The van der Waals surface area contributed by atoms with Crippen LogP contribution >= 0.6 is 11.8 Å². The number of aliphatic imine (C=N–C) groups is 1. The van der Waals surface area contributed by atoms with E-state index in [2.05, 4.69) is 66.9 Å². The zero-order valence-electron chi connectivity index (χ0n) is 16.4. The number of benzene rings is 1. The van der Waals surface area contributed by atoms with Crippen LogP contribution in [0.5, 0.6) is 0 Å². The first-order valence-corrected chi connectivity index (χ1v) is 10.5. The van der Waals surface area contributed by atoms with Gasteiger partial charge in [0.2, 0.25) is 0 Å². The fourth-order valence-corrected chi connectivity index (χ4v) is 4.06. The fraction of sp³-hybridized carbons (Fsp3) is 0.650. The number of rotatable bonds is 9. The Bertz CT molecular complexity index is 523. The molecule has 25 heavy (non-hydrogen) atoms. The number of thioether (sulfide) groups is 1. The van der Waals surface area contributed by atoms with Crippen molar-refractivity contribution < 1.29 is 0 Å². The molecule has 0 saturated carbocycles. The van der Waals surface area contributed by atoms with E-state index in [0.29, 0.717) is 0 Å². The average Bonchev–Trinajstić information content (AvgIpc) is 2.63. The summed E-state index contributed by atoms with van der Waals surface area (Å²) in [4.78, 5) is 11.9. The predicted octanol–water partition coefficient (Wildman–Crippen LogP) is 3.78. The molecule has 1 aromatic rings. The molecular formula is C20H34N4S. The van der Waals surface area contributed by atoms with Gasteiger partial charge < -0.3 is 14.7 Å². The van der Waals surface area contributed by atoms with Gasteiger partial charge in [0.1, 0.15) is 0 Å². The second-order valence-electron chi connectivity index (χ2n) is 6.78. The number of hydrogen-bond donors (Lipinski definition) is 0. The van der Waals surface area contributed by atoms with E-state index < -0.39 is 0 Å². The Kier molecular flexibility index (Phi) is 8.62. The van der Waals surface area contributed by atoms with Gasteiger partial charge in [0.05, 0.1) is 0 Å². The summed E-state index contributed by atoms with van der Waals surface area (Å²) in [6.45, 7) is 10.7. The zero-order chi connectivity index (χ0) is 18.1. The summed E-state index contributed by atoms with van der Waals surface area (Å²) in [7, 11) is 4.28. The first-order valence-electron chi connectivity index (χ1n) is 9.54. The molecule has 2 rings (SSSR count). The molecule has 0 amide bonds. The molecule has 0 spiro atoms. The SMILES string of the molecule is CCN(CC)c1ccc(CN(CCCN(C)C)C2=NCCCS2)cc1. The highest BCUT2D eigenvalue weighted by atomic mass is 32.2. The van der Waals surface area contributed by atoms with E-state index in [1.54, 1.807) is 0 Å². The molecule has 1 heterocycles. The van der Waals surface area contributed by atoms with Crippen molar-refractivity contribution in [2.24, 2.45) is 4.99 Å². The molecule has 0 unspecified atom stereocenters. The maximum absolute atomic E-state index is 4.78. The van der Waals surface area contributed by atoms with E-state index >= 15 is 0 Å². The fourth-order valence-electron chi connectivity index (χ4n) is 3.08. The van der Waals surface area contributed by atoms with Gasteiger partial charge in [0, 0.05) is 44.2 Å². The largest absolute Gasteiger partial charge is 0.372 e. The third-order valence-corrected chi connectivity index (χ3v) is 5.66. The van der Waals surface area contributed by atoms with Crippen LogP contribution in [-0.4, -0.2) is 67.5 Å². The molecule has 0 N–H and O–H groups in total. The number of nitrogens with zero attached hydrogens (tertiary/aromatic N) is 4. The van der Waals surface area contributed by atoms with Crippen molar-refractivity contribution >= 4 is 22.6 Å². The standard InChI is InChI=1S/C20H34N4S/c1-5-23(6-2)19-11-9-18(10-12-19)17-24(15-8-14-22(3)4)20-21-13-7-16-25-20/h9-12H,5-8,13-17H2,1-4H3. The third kappa shape index (κ3) is 6.55. The van der Waals surface area contributed by atoms with Crippen LogP contribution in [0.4, 0.5) is 5.69 Å². The smallest absolute Gasteiger partial charge is 0.159 e. The number of hydrogen-bond acceptors (Lipinski definition) is 5. The lowest BCUT2D eigenvalue weighted by atomic mass is 10.1. The lowest BCUT2D eigenvalue weighted by Crippen LogP contribution is -2.32. The van der Waals surface area contributed by atoms with E-state index in [-0.39, 0.29) is 0 Å². The molecule has 0 bridgehead atoms. The lowest BCUT2D eigenvalue weighted by molar-refractivity contribution is 0.346. The average molecular weight is 363 g/mol. The van der Waals surface area contributed by atoms with E-state index in [0.717, 1.165) is 39.3 Å². The molecule has 0 fully saturated rings. The van der Waals surface area contributed by atoms with Gasteiger partial charge in [-0.3, -0.25) is 4.99 Å². The van der Waals surface area contributed by atoms with Crippen LogP contribution in [-0.2, 0) is 6.54 Å². The monoisotopic (exact) mass is 362 g/mol. The maximum Gasteiger partial charge on any atom is 0.159 e. The molecule has 0 saturated heterocycles. The highest BCUT2D eigenvalue weighted by Gasteiger charge is 2.15. The summed E-state index contributed by atoms with van der Waals surface area (Å²) in [5.74, 6) is 1.20. The van der Waals surface area contributed by atoms with Crippen LogP contribution in [0, 0.1) is 0 Å². The van der Waals surface area contributed by atoms with E-state index in [9.17, 15) is 0 Å². The lowest BCUT2D eigenvalue weighted by Gasteiger charge is -2.28. The summed E-state index contributed by atoms with van der Waals surface area (Å²) in [5.41, 5.74) is 2.69. The molecule has 0 radical (unpaired) electrons. The summed E-state index contributed by atoms with van der Waals surface area (Å²) in [6.07, 6.45) is 2.38. The molecule has 0 aromatic heterocycles. The quantitative estimate of drug-likeness (QED) is 0.666. The normalized spacial score (nSPS) is 14.5. The Morgan fingerprint density at radius 2 is 1.72 bits per heavy atom. The van der Waals surface area contributed by atoms with Crippen molar-refractivity contribution in [2.75, 3.05) is 57.5 Å². The molecule has 1 aliphatic rings. The van der Waals surface area contributed by atoms with Crippen molar-refractivity contribution in [1.82, 2.24) is 9.80 Å². The Morgan fingerprint density at radius 3 is 2.28 bits per heavy atom. The minimum absolute atomic E-state index is 0.956. The highest BCUT2D eigenvalue weighted by molar-refractivity contribution is 8.13. The van der Waals surface area contributed by atoms with Crippen molar-refractivity contribution in [3.63, 3.8) is 0 Å². The second-order valence-corrected chi connectivity index (χ2v) is 7.85. The molecule has 140 valence electrons. The van der Waals surface area contributed by atoms with Crippen molar-refractivity contribution in [3.05, 3.63) is 29.8 Å². The van der Waals surface area contributed by atoms with Crippen molar-refractivity contribution in [2.45, 2.75) is 33.2 Å². The van der Waals surface area contributed by atoms with Gasteiger partial charge in [0.15, 0.2) is 5.17 Å². The molecule has 1 aliphatic heterocycles. The summed E-state index contributed by atoms with van der Waals surface area (Å²) < 4.78 is 0. The molecule has 0 atom stereocenters. The van der Waals surface area contributed by atoms with Crippen LogP contribution in [0.2, 0.25) is 0 Å². The Morgan fingerprint density at radius 1 is 1.00 bits per heavy atom. The molecule has 4 nitrogen and oxygen atoms in total. The number of anilines is 1. The maximum atomic E-state index is 4.78. The van der Waals surface area contributed by atoms with E-state index in [4.69, 9.17) is 4.99 Å².